The van der Waals surface area contributed by atoms with Crippen molar-refractivity contribution in [2.24, 2.45) is 11.8 Å². The van der Waals surface area contributed by atoms with Crippen LogP contribution in [-0.2, 0) is 0 Å². The van der Waals surface area contributed by atoms with Gasteiger partial charge in [0.05, 0.1) is 0 Å². The monoisotopic (exact) mass is 309 g/mol. The lowest BCUT2D eigenvalue weighted by Crippen LogP contribution is -2.27. The van der Waals surface area contributed by atoms with Gasteiger partial charge in [0.15, 0.2) is 5.78 Å². The van der Waals surface area contributed by atoms with Crippen molar-refractivity contribution in [3.8, 4) is 0 Å². The molecule has 3 heteroatoms. The molecule has 2 rings (SSSR count). The van der Waals surface area contributed by atoms with E-state index in [9.17, 15) is 4.79 Å². The number of benzene rings is 1. The van der Waals surface area contributed by atoms with E-state index in [1.165, 1.54) is 19.3 Å². The maximum Gasteiger partial charge on any atom is 0.168 e. The first-order chi connectivity index (χ1) is 8.63. The normalized spacial score (nSPS) is 23.9. The van der Waals surface area contributed by atoms with E-state index in [0.29, 0.717) is 17.2 Å². The molecule has 2 unspecified atom stereocenters. The average Bonchev–Trinajstić information content (AvgIpc) is 2.40. The standard InChI is InChI=1S/C15H20BrNO/c1-2-10-5-3-4-6-12(10)15(18)13-9-11(16)7-8-14(13)17/h7-10,12H,2-6,17H2,1H3. The second kappa shape index (κ2) is 5.87. The highest BCUT2D eigenvalue weighted by Crippen LogP contribution is 2.35. The molecule has 0 spiro atoms. The van der Waals surface area contributed by atoms with Gasteiger partial charge in [-0.05, 0) is 37.0 Å². The Morgan fingerprint density at radius 1 is 1.39 bits per heavy atom. The van der Waals surface area contributed by atoms with Gasteiger partial charge in [-0.1, -0.05) is 42.1 Å². The van der Waals surface area contributed by atoms with Crippen molar-refractivity contribution in [2.75, 3.05) is 5.73 Å². The first-order valence-electron chi connectivity index (χ1n) is 6.72. The quantitative estimate of drug-likeness (QED) is 0.663. The Bertz CT molecular complexity index is 444. The molecule has 1 saturated carbocycles. The molecule has 0 aliphatic heterocycles. The van der Waals surface area contributed by atoms with Crippen molar-refractivity contribution in [1.82, 2.24) is 0 Å². The topological polar surface area (TPSA) is 43.1 Å². The molecule has 1 aromatic carbocycles. The summed E-state index contributed by atoms with van der Waals surface area (Å²) >= 11 is 3.41. The van der Waals surface area contributed by atoms with E-state index < -0.39 is 0 Å². The third-order valence-electron chi connectivity index (χ3n) is 4.05. The number of rotatable bonds is 3. The molecule has 1 aliphatic carbocycles. The maximum absolute atomic E-state index is 12.6. The highest BCUT2D eigenvalue weighted by Gasteiger charge is 2.31. The van der Waals surface area contributed by atoms with Gasteiger partial charge in [0.2, 0.25) is 0 Å². The summed E-state index contributed by atoms with van der Waals surface area (Å²) in [4.78, 5) is 12.6. The van der Waals surface area contributed by atoms with E-state index in [-0.39, 0.29) is 11.7 Å². The van der Waals surface area contributed by atoms with Gasteiger partial charge in [-0.25, -0.2) is 0 Å². The van der Waals surface area contributed by atoms with E-state index in [4.69, 9.17) is 5.73 Å². The first-order valence-corrected chi connectivity index (χ1v) is 7.52. The largest absolute Gasteiger partial charge is 0.398 e. The van der Waals surface area contributed by atoms with E-state index in [2.05, 4.69) is 22.9 Å². The molecule has 2 N–H and O–H groups in total. The van der Waals surface area contributed by atoms with Crippen LogP contribution in [0.15, 0.2) is 22.7 Å². The van der Waals surface area contributed by atoms with Gasteiger partial charge in [-0.2, -0.15) is 0 Å². The number of Topliss-reactive ketones (excluding diaryl/α,β-unsaturated/α-hetero) is 1. The van der Waals surface area contributed by atoms with Crippen molar-refractivity contribution in [2.45, 2.75) is 39.0 Å². The molecular formula is C15H20BrNO. The lowest BCUT2D eigenvalue weighted by Gasteiger charge is -2.30. The molecule has 2 atom stereocenters. The highest BCUT2D eigenvalue weighted by molar-refractivity contribution is 9.10. The third-order valence-corrected chi connectivity index (χ3v) is 4.54. The first kappa shape index (κ1) is 13.6. The fraction of sp³-hybridized carbons (Fsp3) is 0.533. The molecule has 0 bridgehead atoms. The molecule has 0 heterocycles. The molecule has 1 fully saturated rings. The van der Waals surface area contributed by atoms with Gasteiger partial charge in [0.25, 0.3) is 0 Å². The number of carbonyl (C=O) groups is 1. The molecule has 0 saturated heterocycles. The summed E-state index contributed by atoms with van der Waals surface area (Å²) in [7, 11) is 0. The minimum atomic E-state index is 0.167. The van der Waals surface area contributed by atoms with Crippen LogP contribution < -0.4 is 5.73 Å². The van der Waals surface area contributed by atoms with Gasteiger partial charge in [-0.3, -0.25) is 4.79 Å². The SMILES string of the molecule is CCC1CCCCC1C(=O)c1cc(Br)ccc1N. The Hall–Kier alpha value is -0.830. The molecule has 1 aliphatic rings. The van der Waals surface area contributed by atoms with Crippen LogP contribution in [0.2, 0.25) is 0 Å². The zero-order valence-electron chi connectivity index (χ0n) is 10.8. The van der Waals surface area contributed by atoms with Gasteiger partial charge in [0, 0.05) is 21.6 Å². The molecule has 0 aromatic heterocycles. The molecular weight excluding hydrogens is 290 g/mol. The van der Waals surface area contributed by atoms with Crippen LogP contribution >= 0.6 is 15.9 Å². The Morgan fingerprint density at radius 2 is 2.11 bits per heavy atom. The average molecular weight is 310 g/mol. The van der Waals surface area contributed by atoms with E-state index in [1.54, 1.807) is 6.07 Å². The summed E-state index contributed by atoms with van der Waals surface area (Å²) in [5.41, 5.74) is 7.23. The Morgan fingerprint density at radius 3 is 2.83 bits per heavy atom. The van der Waals surface area contributed by atoms with Crippen LogP contribution in [0.5, 0.6) is 0 Å². The van der Waals surface area contributed by atoms with E-state index in [0.717, 1.165) is 17.3 Å². The summed E-state index contributed by atoms with van der Waals surface area (Å²) in [6.07, 6.45) is 5.71. The lowest BCUT2D eigenvalue weighted by molar-refractivity contribution is 0.0821. The lowest BCUT2D eigenvalue weighted by atomic mass is 9.74. The van der Waals surface area contributed by atoms with Crippen LogP contribution in [0.4, 0.5) is 5.69 Å². The zero-order valence-corrected chi connectivity index (χ0v) is 12.4. The van der Waals surface area contributed by atoms with Gasteiger partial charge in [-0.15, -0.1) is 0 Å². The predicted molar refractivity (Wildman–Crippen MR) is 78.6 cm³/mol. The number of anilines is 1. The Balaban J connectivity index is 2.26. The van der Waals surface area contributed by atoms with Crippen molar-refractivity contribution >= 4 is 27.4 Å². The molecule has 0 radical (unpaired) electrons. The van der Waals surface area contributed by atoms with E-state index in [1.807, 2.05) is 12.1 Å². The molecule has 2 nitrogen and oxygen atoms in total. The number of hydrogen-bond acceptors (Lipinski definition) is 2. The van der Waals surface area contributed by atoms with Crippen LogP contribution in [0.25, 0.3) is 0 Å². The number of nitrogen functional groups attached to an aromatic ring is 1. The summed E-state index contributed by atoms with van der Waals surface area (Å²) < 4.78 is 0.920. The highest BCUT2D eigenvalue weighted by atomic mass is 79.9. The summed E-state index contributed by atoms with van der Waals surface area (Å²) in [6, 6.07) is 5.55. The zero-order chi connectivity index (χ0) is 13.1. The van der Waals surface area contributed by atoms with Crippen LogP contribution in [0.1, 0.15) is 49.4 Å². The fourth-order valence-corrected chi connectivity index (χ4v) is 3.34. The number of halogens is 1. The minimum Gasteiger partial charge on any atom is -0.398 e. The number of carbonyl (C=O) groups excluding carboxylic acids is 1. The minimum absolute atomic E-state index is 0.167. The summed E-state index contributed by atoms with van der Waals surface area (Å²) in [5.74, 6) is 0.935. The van der Waals surface area contributed by atoms with Crippen molar-refractivity contribution in [3.63, 3.8) is 0 Å². The number of hydrogen-bond donors (Lipinski definition) is 1. The number of nitrogens with two attached hydrogens (primary N) is 1. The third kappa shape index (κ3) is 2.77. The Kier molecular flexibility index (Phi) is 4.44. The van der Waals surface area contributed by atoms with Crippen molar-refractivity contribution in [1.29, 1.82) is 0 Å². The molecule has 98 valence electrons. The number of ketones is 1. The summed E-state index contributed by atoms with van der Waals surface area (Å²) in [5, 5.41) is 0. The van der Waals surface area contributed by atoms with Crippen LogP contribution in [-0.4, -0.2) is 5.78 Å². The molecule has 0 amide bonds. The van der Waals surface area contributed by atoms with Crippen LogP contribution in [0, 0.1) is 11.8 Å². The second-order valence-corrected chi connectivity index (χ2v) is 6.07. The summed E-state index contributed by atoms with van der Waals surface area (Å²) in [6.45, 7) is 2.18. The smallest absolute Gasteiger partial charge is 0.168 e. The molecule has 18 heavy (non-hydrogen) atoms. The van der Waals surface area contributed by atoms with Gasteiger partial charge < -0.3 is 5.73 Å². The van der Waals surface area contributed by atoms with E-state index >= 15 is 0 Å². The predicted octanol–water partition coefficient (Wildman–Crippen LogP) is 4.43. The van der Waals surface area contributed by atoms with Crippen LogP contribution in [0.3, 0.4) is 0 Å². The van der Waals surface area contributed by atoms with Gasteiger partial charge in [0.1, 0.15) is 0 Å². The fourth-order valence-electron chi connectivity index (χ4n) is 2.98. The maximum atomic E-state index is 12.6. The Labute approximate surface area is 117 Å². The van der Waals surface area contributed by atoms with Crippen molar-refractivity contribution < 1.29 is 4.79 Å². The van der Waals surface area contributed by atoms with Crippen molar-refractivity contribution in [3.05, 3.63) is 28.2 Å². The van der Waals surface area contributed by atoms with Gasteiger partial charge >= 0.3 is 0 Å². The second-order valence-electron chi connectivity index (χ2n) is 5.16. The molecule has 1 aromatic rings.